The molecule has 82 valence electrons. The van der Waals surface area contributed by atoms with E-state index in [0.717, 1.165) is 5.56 Å². The van der Waals surface area contributed by atoms with Crippen LogP contribution in [-0.4, -0.2) is 18.5 Å². The van der Waals surface area contributed by atoms with Crippen LogP contribution in [0.25, 0.3) is 0 Å². The van der Waals surface area contributed by atoms with Crippen molar-refractivity contribution in [1.29, 1.82) is 0 Å². The van der Waals surface area contributed by atoms with Crippen LogP contribution in [0.5, 0.6) is 0 Å². The van der Waals surface area contributed by atoms with E-state index in [9.17, 15) is 4.39 Å². The Morgan fingerprint density at radius 1 is 1.47 bits per heavy atom. The summed E-state index contributed by atoms with van der Waals surface area (Å²) in [4.78, 5) is 2.06. The topological polar surface area (TPSA) is 3.24 Å². The summed E-state index contributed by atoms with van der Waals surface area (Å²) in [5, 5.41) is 0.603. The Morgan fingerprint density at radius 2 is 2.00 bits per heavy atom. The molecule has 15 heavy (non-hydrogen) atoms. The largest absolute Gasteiger partial charge is 0.295 e. The molecule has 0 saturated heterocycles. The van der Waals surface area contributed by atoms with Crippen molar-refractivity contribution in [3.63, 3.8) is 0 Å². The minimum atomic E-state index is -0.213. The Bertz CT molecular complexity index is 334. The maximum atomic E-state index is 12.7. The Morgan fingerprint density at radius 3 is 2.47 bits per heavy atom. The molecule has 0 amide bonds. The van der Waals surface area contributed by atoms with Crippen LogP contribution in [0.1, 0.15) is 18.5 Å². The SMILES string of the molecule is C=C(Cl)CN(C)C(C)c1ccc(F)cc1. The van der Waals surface area contributed by atoms with E-state index in [2.05, 4.69) is 11.5 Å². The zero-order valence-corrected chi connectivity index (χ0v) is 9.76. The average Bonchev–Trinajstić information content (AvgIpc) is 2.17. The quantitative estimate of drug-likeness (QED) is 0.760. The molecule has 0 aliphatic carbocycles. The van der Waals surface area contributed by atoms with Gasteiger partial charge in [-0.25, -0.2) is 4.39 Å². The molecule has 0 bridgehead atoms. The second-order valence-electron chi connectivity index (χ2n) is 3.66. The average molecular weight is 228 g/mol. The summed E-state index contributed by atoms with van der Waals surface area (Å²) in [6.45, 7) is 6.32. The molecule has 0 aromatic heterocycles. The summed E-state index contributed by atoms with van der Waals surface area (Å²) in [7, 11) is 1.96. The third-order valence-corrected chi connectivity index (χ3v) is 2.55. The predicted molar refractivity (Wildman–Crippen MR) is 62.4 cm³/mol. The summed E-state index contributed by atoms with van der Waals surface area (Å²) in [5.41, 5.74) is 1.07. The summed E-state index contributed by atoms with van der Waals surface area (Å²) < 4.78 is 12.7. The lowest BCUT2D eigenvalue weighted by Gasteiger charge is -2.24. The van der Waals surface area contributed by atoms with Gasteiger partial charge in [-0.15, -0.1) is 0 Å². The first-order valence-electron chi connectivity index (χ1n) is 4.79. The van der Waals surface area contributed by atoms with Crippen LogP contribution < -0.4 is 0 Å². The third kappa shape index (κ3) is 3.65. The fraction of sp³-hybridized carbons (Fsp3) is 0.333. The Labute approximate surface area is 95.2 Å². The Kier molecular flexibility index (Phi) is 4.30. The van der Waals surface area contributed by atoms with Gasteiger partial charge in [0.05, 0.1) is 0 Å². The van der Waals surface area contributed by atoms with E-state index in [1.165, 1.54) is 12.1 Å². The van der Waals surface area contributed by atoms with Gasteiger partial charge >= 0.3 is 0 Å². The van der Waals surface area contributed by atoms with Crippen LogP contribution >= 0.6 is 11.6 Å². The molecule has 0 heterocycles. The van der Waals surface area contributed by atoms with E-state index in [4.69, 9.17) is 11.6 Å². The van der Waals surface area contributed by atoms with Gasteiger partial charge in [0.2, 0.25) is 0 Å². The van der Waals surface area contributed by atoms with Crippen molar-refractivity contribution in [3.8, 4) is 0 Å². The van der Waals surface area contributed by atoms with Crippen LogP contribution in [0.4, 0.5) is 4.39 Å². The van der Waals surface area contributed by atoms with Crippen molar-refractivity contribution in [2.24, 2.45) is 0 Å². The van der Waals surface area contributed by atoms with Gasteiger partial charge in [0, 0.05) is 17.6 Å². The van der Waals surface area contributed by atoms with Crippen molar-refractivity contribution in [2.75, 3.05) is 13.6 Å². The van der Waals surface area contributed by atoms with Gasteiger partial charge < -0.3 is 0 Å². The molecule has 1 aromatic carbocycles. The van der Waals surface area contributed by atoms with E-state index in [1.807, 2.05) is 14.0 Å². The normalized spacial score (nSPS) is 12.9. The van der Waals surface area contributed by atoms with Gasteiger partial charge in [-0.05, 0) is 31.7 Å². The van der Waals surface area contributed by atoms with Crippen molar-refractivity contribution >= 4 is 11.6 Å². The maximum absolute atomic E-state index is 12.7. The van der Waals surface area contributed by atoms with E-state index < -0.39 is 0 Å². The van der Waals surface area contributed by atoms with Gasteiger partial charge in [-0.1, -0.05) is 30.3 Å². The molecule has 0 radical (unpaired) electrons. The smallest absolute Gasteiger partial charge is 0.123 e. The minimum absolute atomic E-state index is 0.195. The molecule has 1 aromatic rings. The molecule has 1 atom stereocenters. The van der Waals surface area contributed by atoms with Crippen LogP contribution in [0, 0.1) is 5.82 Å². The number of hydrogen-bond acceptors (Lipinski definition) is 1. The molecule has 3 heteroatoms. The second-order valence-corrected chi connectivity index (χ2v) is 4.19. The summed E-state index contributed by atoms with van der Waals surface area (Å²) >= 11 is 5.73. The third-order valence-electron chi connectivity index (χ3n) is 2.43. The Balaban J connectivity index is 2.71. The van der Waals surface area contributed by atoms with Gasteiger partial charge in [0.1, 0.15) is 5.82 Å². The number of likely N-dealkylation sites (N-methyl/N-ethyl adjacent to an activating group) is 1. The highest BCUT2D eigenvalue weighted by atomic mass is 35.5. The summed E-state index contributed by atoms with van der Waals surface area (Å²) in [6, 6.07) is 6.70. The Hall–Kier alpha value is -0.860. The molecule has 0 N–H and O–H groups in total. The molecule has 0 aliphatic heterocycles. The van der Waals surface area contributed by atoms with Crippen LogP contribution in [0.2, 0.25) is 0 Å². The zero-order chi connectivity index (χ0) is 11.4. The number of halogens is 2. The second kappa shape index (κ2) is 5.29. The zero-order valence-electron chi connectivity index (χ0n) is 9.00. The fourth-order valence-corrected chi connectivity index (χ4v) is 1.59. The predicted octanol–water partition coefficient (Wildman–Crippen LogP) is 3.57. The lowest BCUT2D eigenvalue weighted by atomic mass is 10.1. The molecule has 0 saturated carbocycles. The van der Waals surface area contributed by atoms with Crippen molar-refractivity contribution in [2.45, 2.75) is 13.0 Å². The molecule has 1 nitrogen and oxygen atoms in total. The monoisotopic (exact) mass is 227 g/mol. The number of nitrogens with zero attached hydrogens (tertiary/aromatic N) is 1. The summed E-state index contributed by atoms with van der Waals surface area (Å²) in [5.74, 6) is -0.213. The van der Waals surface area contributed by atoms with Crippen molar-refractivity contribution < 1.29 is 4.39 Å². The lowest BCUT2D eigenvalue weighted by molar-refractivity contribution is 0.287. The molecular formula is C12H15ClFN. The number of benzene rings is 1. The van der Waals surface area contributed by atoms with Crippen molar-refractivity contribution in [3.05, 3.63) is 47.3 Å². The highest BCUT2D eigenvalue weighted by molar-refractivity contribution is 6.29. The van der Waals surface area contributed by atoms with E-state index in [0.29, 0.717) is 11.6 Å². The van der Waals surface area contributed by atoms with E-state index in [1.54, 1.807) is 12.1 Å². The first kappa shape index (κ1) is 12.2. The molecular weight excluding hydrogens is 213 g/mol. The molecule has 1 unspecified atom stereocenters. The minimum Gasteiger partial charge on any atom is -0.295 e. The van der Waals surface area contributed by atoms with Gasteiger partial charge in [-0.2, -0.15) is 0 Å². The fourth-order valence-electron chi connectivity index (χ4n) is 1.40. The first-order chi connectivity index (χ1) is 7.00. The molecule has 0 aliphatic rings. The van der Waals surface area contributed by atoms with Gasteiger partial charge in [0.25, 0.3) is 0 Å². The van der Waals surface area contributed by atoms with E-state index >= 15 is 0 Å². The molecule has 1 rings (SSSR count). The standard InChI is InChI=1S/C12H15ClFN/c1-9(13)8-15(3)10(2)11-4-6-12(14)7-5-11/h4-7,10H,1,8H2,2-3H3. The first-order valence-corrected chi connectivity index (χ1v) is 5.17. The number of rotatable bonds is 4. The van der Waals surface area contributed by atoms with Crippen LogP contribution in [0.3, 0.4) is 0 Å². The van der Waals surface area contributed by atoms with Gasteiger partial charge in [0.15, 0.2) is 0 Å². The lowest BCUT2D eigenvalue weighted by Crippen LogP contribution is -2.23. The summed E-state index contributed by atoms with van der Waals surface area (Å²) in [6.07, 6.45) is 0. The highest BCUT2D eigenvalue weighted by Crippen LogP contribution is 2.20. The van der Waals surface area contributed by atoms with Crippen LogP contribution in [-0.2, 0) is 0 Å². The maximum Gasteiger partial charge on any atom is 0.123 e. The highest BCUT2D eigenvalue weighted by Gasteiger charge is 2.11. The van der Waals surface area contributed by atoms with Crippen LogP contribution in [0.15, 0.2) is 35.9 Å². The van der Waals surface area contributed by atoms with Crippen molar-refractivity contribution in [1.82, 2.24) is 4.90 Å². The van der Waals surface area contributed by atoms with E-state index in [-0.39, 0.29) is 11.9 Å². The van der Waals surface area contributed by atoms with Gasteiger partial charge in [-0.3, -0.25) is 4.90 Å². The number of hydrogen-bond donors (Lipinski definition) is 0. The molecule has 0 spiro atoms. The molecule has 0 fully saturated rings.